The molecule has 0 amide bonds. The second kappa shape index (κ2) is 4.64. The topological polar surface area (TPSA) is 50.2 Å². The molecule has 0 spiro atoms. The molecule has 1 N–H and O–H groups in total. The Morgan fingerprint density at radius 2 is 2.00 bits per heavy atom. The van der Waals surface area contributed by atoms with Gasteiger partial charge >= 0.3 is 12.1 Å². The van der Waals surface area contributed by atoms with Crippen LogP contribution in [0.3, 0.4) is 0 Å². The summed E-state index contributed by atoms with van der Waals surface area (Å²) in [6, 6.07) is 0.509. The molecule has 0 aromatic carbocycles. The van der Waals surface area contributed by atoms with Crippen LogP contribution >= 0.6 is 0 Å². The van der Waals surface area contributed by atoms with Crippen LogP contribution in [-0.4, -0.2) is 16.1 Å². The molecule has 0 fully saturated rings. The predicted molar refractivity (Wildman–Crippen MR) is 45.5 cm³/mol. The lowest BCUT2D eigenvalue weighted by molar-refractivity contribution is -0.142. The number of halogens is 5. The summed E-state index contributed by atoms with van der Waals surface area (Å²) in [6.07, 6.45) is -8.50. The maximum absolute atomic E-state index is 12.4. The van der Waals surface area contributed by atoms with Crippen LogP contribution in [0.2, 0.25) is 0 Å². The Morgan fingerprint density at radius 1 is 1.41 bits per heavy atom. The monoisotopic (exact) mass is 255 g/mol. The highest BCUT2D eigenvalue weighted by Crippen LogP contribution is 2.32. The van der Waals surface area contributed by atoms with Crippen molar-refractivity contribution in [2.75, 3.05) is 0 Å². The van der Waals surface area contributed by atoms with Crippen LogP contribution in [0.15, 0.2) is 12.3 Å². The number of carboxylic acid groups (broad SMARTS) is 1. The highest BCUT2D eigenvalue weighted by molar-refractivity contribution is 5.70. The van der Waals surface area contributed by atoms with Crippen molar-refractivity contribution in [2.45, 2.75) is 19.0 Å². The maximum atomic E-state index is 12.4. The largest absolute Gasteiger partial charge is 0.481 e. The minimum Gasteiger partial charge on any atom is -0.481 e. The summed E-state index contributed by atoms with van der Waals surface area (Å²) in [5.74, 6) is -1.55. The first-order chi connectivity index (χ1) is 7.71. The van der Waals surface area contributed by atoms with E-state index in [1.165, 1.54) is 0 Å². The Balaban J connectivity index is 3.26. The van der Waals surface area contributed by atoms with E-state index in [0.717, 1.165) is 0 Å². The minimum absolute atomic E-state index is 0.388. The Labute approximate surface area is 91.9 Å². The number of pyridine rings is 1. The number of carbonyl (C=O) groups is 1. The second-order valence-electron chi connectivity index (χ2n) is 3.15. The van der Waals surface area contributed by atoms with Gasteiger partial charge in [0.2, 0.25) is 0 Å². The summed E-state index contributed by atoms with van der Waals surface area (Å²) in [6.45, 7) is 0. The van der Waals surface area contributed by atoms with Gasteiger partial charge < -0.3 is 5.11 Å². The van der Waals surface area contributed by atoms with Crippen molar-refractivity contribution in [3.63, 3.8) is 0 Å². The summed E-state index contributed by atoms with van der Waals surface area (Å²) < 4.78 is 61.7. The molecule has 0 unspecified atom stereocenters. The van der Waals surface area contributed by atoms with Crippen LogP contribution in [0.1, 0.15) is 23.2 Å². The van der Waals surface area contributed by atoms with Gasteiger partial charge in [0.15, 0.2) is 0 Å². The molecule has 17 heavy (non-hydrogen) atoms. The molecule has 1 heterocycles. The first-order valence-electron chi connectivity index (χ1n) is 4.27. The highest BCUT2D eigenvalue weighted by atomic mass is 19.4. The zero-order chi connectivity index (χ0) is 13.2. The van der Waals surface area contributed by atoms with Crippen molar-refractivity contribution >= 4 is 5.97 Å². The molecular weight excluding hydrogens is 249 g/mol. The van der Waals surface area contributed by atoms with Crippen LogP contribution in [-0.2, 0) is 17.4 Å². The number of rotatable bonds is 3. The van der Waals surface area contributed by atoms with Crippen molar-refractivity contribution in [1.82, 2.24) is 4.98 Å². The summed E-state index contributed by atoms with van der Waals surface area (Å²) >= 11 is 0. The second-order valence-corrected chi connectivity index (χ2v) is 3.15. The average molecular weight is 255 g/mol. The fourth-order valence-electron chi connectivity index (χ4n) is 1.20. The van der Waals surface area contributed by atoms with Gasteiger partial charge in [-0.15, -0.1) is 0 Å². The predicted octanol–water partition coefficient (Wildman–Crippen LogP) is 2.67. The Bertz CT molecular complexity index is 430. The summed E-state index contributed by atoms with van der Waals surface area (Å²) in [4.78, 5) is 13.2. The van der Waals surface area contributed by atoms with E-state index in [2.05, 4.69) is 4.98 Å². The van der Waals surface area contributed by atoms with Gasteiger partial charge in [0, 0.05) is 11.8 Å². The lowest BCUT2D eigenvalue weighted by Crippen LogP contribution is -2.15. The molecule has 1 aromatic rings. The number of alkyl halides is 5. The average Bonchev–Trinajstić information content (AvgIpc) is 2.14. The highest BCUT2D eigenvalue weighted by Gasteiger charge is 2.36. The quantitative estimate of drug-likeness (QED) is 0.845. The molecule has 0 saturated carbocycles. The molecule has 1 rings (SSSR count). The maximum Gasteiger partial charge on any atom is 0.433 e. The third kappa shape index (κ3) is 3.36. The molecule has 0 aliphatic heterocycles. The third-order valence-electron chi connectivity index (χ3n) is 1.85. The number of nitrogens with zero attached hydrogens (tertiary/aromatic N) is 1. The number of hydrogen-bond acceptors (Lipinski definition) is 2. The lowest BCUT2D eigenvalue weighted by Gasteiger charge is -2.11. The van der Waals surface area contributed by atoms with Gasteiger partial charge in [-0.2, -0.15) is 13.2 Å². The van der Waals surface area contributed by atoms with E-state index in [1.54, 1.807) is 0 Å². The molecule has 1 aromatic heterocycles. The van der Waals surface area contributed by atoms with E-state index in [9.17, 15) is 26.7 Å². The molecule has 0 radical (unpaired) electrons. The standard InChI is InChI=1S/C9H6F5NO2/c10-8(11)5-1-4(2-6(16)17)7(15-3-5)9(12,13)14/h1,3,8H,2H2,(H,16,17). The Morgan fingerprint density at radius 3 is 2.41 bits per heavy atom. The van der Waals surface area contributed by atoms with Crippen molar-refractivity contribution < 1.29 is 31.9 Å². The Hall–Kier alpha value is -1.73. The van der Waals surface area contributed by atoms with Gasteiger partial charge in [-0.25, -0.2) is 8.78 Å². The molecule has 0 aliphatic rings. The van der Waals surface area contributed by atoms with Crippen molar-refractivity contribution in [3.05, 3.63) is 29.1 Å². The fourth-order valence-corrected chi connectivity index (χ4v) is 1.20. The van der Waals surface area contributed by atoms with E-state index in [-0.39, 0.29) is 0 Å². The molecule has 0 bridgehead atoms. The van der Waals surface area contributed by atoms with Crippen LogP contribution in [0, 0.1) is 0 Å². The number of aliphatic carboxylic acids is 1. The van der Waals surface area contributed by atoms with Crippen LogP contribution in [0.4, 0.5) is 22.0 Å². The van der Waals surface area contributed by atoms with Gasteiger partial charge in [-0.3, -0.25) is 9.78 Å². The summed E-state index contributed by atoms with van der Waals surface area (Å²) in [7, 11) is 0. The molecule has 0 aliphatic carbocycles. The minimum atomic E-state index is -4.87. The van der Waals surface area contributed by atoms with Gasteiger partial charge in [-0.1, -0.05) is 0 Å². The van der Waals surface area contributed by atoms with Gasteiger partial charge in [0.25, 0.3) is 6.43 Å². The van der Waals surface area contributed by atoms with E-state index >= 15 is 0 Å². The van der Waals surface area contributed by atoms with E-state index in [0.29, 0.717) is 12.3 Å². The first-order valence-corrected chi connectivity index (χ1v) is 4.27. The number of carboxylic acids is 1. The normalized spacial score (nSPS) is 11.9. The summed E-state index contributed by atoms with van der Waals surface area (Å²) in [5.41, 5.74) is -2.97. The van der Waals surface area contributed by atoms with Crippen LogP contribution in [0.5, 0.6) is 0 Å². The van der Waals surface area contributed by atoms with E-state index in [1.807, 2.05) is 0 Å². The molecular formula is C9H6F5NO2. The number of hydrogen-bond donors (Lipinski definition) is 1. The zero-order valence-corrected chi connectivity index (χ0v) is 8.13. The van der Waals surface area contributed by atoms with E-state index < -0.39 is 41.8 Å². The summed E-state index contributed by atoms with van der Waals surface area (Å²) in [5, 5.41) is 8.40. The van der Waals surface area contributed by atoms with E-state index in [4.69, 9.17) is 5.11 Å². The SMILES string of the molecule is O=C(O)Cc1cc(C(F)F)cnc1C(F)(F)F. The first kappa shape index (κ1) is 13.3. The molecule has 8 heteroatoms. The van der Waals surface area contributed by atoms with Crippen molar-refractivity contribution in [2.24, 2.45) is 0 Å². The molecule has 3 nitrogen and oxygen atoms in total. The van der Waals surface area contributed by atoms with Crippen molar-refractivity contribution in [1.29, 1.82) is 0 Å². The molecule has 0 saturated heterocycles. The molecule has 94 valence electrons. The molecule has 0 atom stereocenters. The number of aromatic nitrogens is 1. The van der Waals surface area contributed by atoms with Crippen LogP contribution < -0.4 is 0 Å². The van der Waals surface area contributed by atoms with Crippen molar-refractivity contribution in [3.8, 4) is 0 Å². The third-order valence-corrected chi connectivity index (χ3v) is 1.85. The fraction of sp³-hybridized carbons (Fsp3) is 0.333. The van der Waals surface area contributed by atoms with Gasteiger partial charge in [-0.05, 0) is 11.6 Å². The van der Waals surface area contributed by atoms with Crippen LogP contribution in [0.25, 0.3) is 0 Å². The van der Waals surface area contributed by atoms with Gasteiger partial charge in [0.05, 0.1) is 6.42 Å². The smallest absolute Gasteiger partial charge is 0.433 e. The Kier molecular flexibility index (Phi) is 3.64. The lowest BCUT2D eigenvalue weighted by atomic mass is 10.1. The zero-order valence-electron chi connectivity index (χ0n) is 8.13. The van der Waals surface area contributed by atoms with Gasteiger partial charge in [0.1, 0.15) is 5.69 Å².